The van der Waals surface area contributed by atoms with Gasteiger partial charge in [0.15, 0.2) is 6.61 Å². The van der Waals surface area contributed by atoms with Crippen LogP contribution in [0.4, 0.5) is 0 Å². The highest BCUT2D eigenvalue weighted by atomic mass is 16.5. The summed E-state index contributed by atoms with van der Waals surface area (Å²) in [6, 6.07) is 13.0. The summed E-state index contributed by atoms with van der Waals surface area (Å²) in [5, 5.41) is 2.84. The van der Waals surface area contributed by atoms with Gasteiger partial charge in [-0.2, -0.15) is 0 Å². The standard InChI is InChI=1S/C22H27NO5/c1-16(24)4-5-17-6-8-19(9-7-17)28-15-22(25)23-13-12-18-14-20(26-2)10-11-21(18)27-3/h6-11,14H,4-5,12-13,15H2,1-3H3,(H,23,25). The lowest BCUT2D eigenvalue weighted by atomic mass is 10.1. The third kappa shape index (κ3) is 6.95. The van der Waals surface area contributed by atoms with E-state index in [1.54, 1.807) is 21.1 Å². The van der Waals surface area contributed by atoms with Crippen molar-refractivity contribution in [2.24, 2.45) is 0 Å². The lowest BCUT2D eigenvalue weighted by Crippen LogP contribution is -2.30. The van der Waals surface area contributed by atoms with Gasteiger partial charge in [0.05, 0.1) is 14.2 Å². The Labute approximate surface area is 165 Å². The molecule has 0 spiro atoms. The molecule has 150 valence electrons. The van der Waals surface area contributed by atoms with Gasteiger partial charge in [-0.3, -0.25) is 4.79 Å². The Bertz CT molecular complexity index is 786. The molecule has 0 aliphatic rings. The molecule has 0 fully saturated rings. The molecule has 0 radical (unpaired) electrons. The average molecular weight is 385 g/mol. The van der Waals surface area contributed by atoms with Crippen LogP contribution in [-0.2, 0) is 22.4 Å². The van der Waals surface area contributed by atoms with E-state index in [-0.39, 0.29) is 18.3 Å². The van der Waals surface area contributed by atoms with Crippen molar-refractivity contribution in [3.63, 3.8) is 0 Å². The third-order valence-corrected chi connectivity index (χ3v) is 4.26. The van der Waals surface area contributed by atoms with E-state index in [9.17, 15) is 9.59 Å². The van der Waals surface area contributed by atoms with Gasteiger partial charge in [-0.25, -0.2) is 0 Å². The van der Waals surface area contributed by atoms with Crippen LogP contribution in [0.25, 0.3) is 0 Å². The van der Waals surface area contributed by atoms with Crippen molar-refractivity contribution in [3.05, 3.63) is 53.6 Å². The Morgan fingerprint density at radius 3 is 2.29 bits per heavy atom. The first kappa shape index (κ1) is 21.3. The first-order valence-corrected chi connectivity index (χ1v) is 9.20. The number of carbonyl (C=O) groups is 2. The lowest BCUT2D eigenvalue weighted by Gasteiger charge is -2.11. The second-order valence-electron chi connectivity index (χ2n) is 6.41. The van der Waals surface area contributed by atoms with E-state index in [1.807, 2.05) is 42.5 Å². The summed E-state index contributed by atoms with van der Waals surface area (Å²) < 4.78 is 16.1. The Hall–Kier alpha value is -3.02. The Balaban J connectivity index is 1.75. The molecule has 6 heteroatoms. The van der Waals surface area contributed by atoms with Gasteiger partial charge in [-0.1, -0.05) is 12.1 Å². The summed E-state index contributed by atoms with van der Waals surface area (Å²) in [7, 11) is 3.23. The molecule has 0 aliphatic heterocycles. The molecule has 2 aromatic carbocycles. The molecule has 0 saturated carbocycles. The molecule has 2 rings (SSSR count). The molecule has 0 bridgehead atoms. The van der Waals surface area contributed by atoms with Crippen molar-refractivity contribution in [3.8, 4) is 17.2 Å². The number of hydrogen-bond donors (Lipinski definition) is 1. The molecular formula is C22H27NO5. The molecule has 1 amide bonds. The van der Waals surface area contributed by atoms with E-state index in [2.05, 4.69) is 5.32 Å². The van der Waals surface area contributed by atoms with Gasteiger partial charge in [-0.05, 0) is 61.2 Å². The molecule has 0 heterocycles. The van der Waals surface area contributed by atoms with E-state index < -0.39 is 0 Å². The maximum Gasteiger partial charge on any atom is 0.257 e. The van der Waals surface area contributed by atoms with Gasteiger partial charge in [0.25, 0.3) is 5.91 Å². The van der Waals surface area contributed by atoms with Crippen molar-refractivity contribution in [2.75, 3.05) is 27.4 Å². The Morgan fingerprint density at radius 2 is 1.64 bits per heavy atom. The number of Topliss-reactive ketones (excluding diaryl/α,β-unsaturated/α-hetero) is 1. The molecule has 0 saturated heterocycles. The first-order chi connectivity index (χ1) is 13.5. The van der Waals surface area contributed by atoms with Gasteiger partial charge < -0.3 is 24.3 Å². The van der Waals surface area contributed by atoms with Crippen LogP contribution in [-0.4, -0.2) is 39.1 Å². The molecule has 0 aliphatic carbocycles. The number of benzene rings is 2. The van der Waals surface area contributed by atoms with Crippen molar-refractivity contribution < 1.29 is 23.8 Å². The van der Waals surface area contributed by atoms with Gasteiger partial charge in [-0.15, -0.1) is 0 Å². The van der Waals surface area contributed by atoms with Gasteiger partial charge in [0.2, 0.25) is 0 Å². The minimum Gasteiger partial charge on any atom is -0.497 e. The molecular weight excluding hydrogens is 358 g/mol. The van der Waals surface area contributed by atoms with Crippen molar-refractivity contribution in [2.45, 2.75) is 26.2 Å². The van der Waals surface area contributed by atoms with Crippen LogP contribution in [0.5, 0.6) is 17.2 Å². The lowest BCUT2D eigenvalue weighted by molar-refractivity contribution is -0.123. The van der Waals surface area contributed by atoms with Crippen LogP contribution in [0.2, 0.25) is 0 Å². The number of methoxy groups -OCH3 is 2. The summed E-state index contributed by atoms with van der Waals surface area (Å²) >= 11 is 0. The highest BCUT2D eigenvalue weighted by molar-refractivity contribution is 5.77. The van der Waals surface area contributed by atoms with Crippen LogP contribution >= 0.6 is 0 Å². The smallest absolute Gasteiger partial charge is 0.257 e. The number of aryl methyl sites for hydroxylation is 1. The number of ketones is 1. The molecule has 28 heavy (non-hydrogen) atoms. The maximum absolute atomic E-state index is 12.0. The molecule has 0 atom stereocenters. The third-order valence-electron chi connectivity index (χ3n) is 4.26. The number of ether oxygens (including phenoxy) is 3. The summed E-state index contributed by atoms with van der Waals surface area (Å²) in [4.78, 5) is 23.0. The Kier molecular flexibility index (Phi) is 8.34. The zero-order valence-corrected chi connectivity index (χ0v) is 16.6. The first-order valence-electron chi connectivity index (χ1n) is 9.20. The van der Waals surface area contributed by atoms with Gasteiger partial charge >= 0.3 is 0 Å². The average Bonchev–Trinajstić information content (AvgIpc) is 2.71. The van der Waals surface area contributed by atoms with E-state index >= 15 is 0 Å². The minimum absolute atomic E-state index is 0.0535. The van der Waals surface area contributed by atoms with Crippen molar-refractivity contribution in [1.29, 1.82) is 0 Å². The fraction of sp³-hybridized carbons (Fsp3) is 0.364. The number of carbonyl (C=O) groups excluding carboxylic acids is 2. The normalized spacial score (nSPS) is 10.2. The monoisotopic (exact) mass is 385 g/mol. The predicted octanol–water partition coefficient (Wildman–Crippen LogP) is 2.96. The molecule has 0 unspecified atom stereocenters. The van der Waals surface area contributed by atoms with Gasteiger partial charge in [0, 0.05) is 13.0 Å². The van der Waals surface area contributed by atoms with Crippen molar-refractivity contribution in [1.82, 2.24) is 5.32 Å². The van der Waals surface area contributed by atoms with Crippen LogP contribution in [0.15, 0.2) is 42.5 Å². The Morgan fingerprint density at radius 1 is 0.929 bits per heavy atom. The fourth-order valence-electron chi connectivity index (χ4n) is 2.69. The summed E-state index contributed by atoms with van der Waals surface area (Å²) in [5.74, 6) is 2.11. The largest absolute Gasteiger partial charge is 0.497 e. The molecule has 2 aromatic rings. The van der Waals surface area contributed by atoms with E-state index in [0.717, 1.165) is 22.6 Å². The summed E-state index contributed by atoms with van der Waals surface area (Å²) in [6.07, 6.45) is 1.86. The van der Waals surface area contributed by atoms with Crippen LogP contribution < -0.4 is 19.5 Å². The fourth-order valence-corrected chi connectivity index (χ4v) is 2.69. The van der Waals surface area contributed by atoms with Crippen LogP contribution in [0.1, 0.15) is 24.5 Å². The predicted molar refractivity (Wildman–Crippen MR) is 107 cm³/mol. The van der Waals surface area contributed by atoms with Crippen LogP contribution in [0, 0.1) is 0 Å². The number of amides is 1. The van der Waals surface area contributed by atoms with E-state index in [4.69, 9.17) is 14.2 Å². The quantitative estimate of drug-likeness (QED) is 0.644. The number of nitrogens with one attached hydrogen (secondary N) is 1. The number of hydrogen-bond acceptors (Lipinski definition) is 5. The minimum atomic E-state index is -0.192. The van der Waals surface area contributed by atoms with E-state index in [1.165, 1.54) is 0 Å². The summed E-state index contributed by atoms with van der Waals surface area (Å²) in [5.41, 5.74) is 2.03. The zero-order valence-electron chi connectivity index (χ0n) is 16.6. The summed E-state index contributed by atoms with van der Waals surface area (Å²) in [6.45, 7) is 2.00. The second kappa shape index (κ2) is 11.0. The van der Waals surface area contributed by atoms with Gasteiger partial charge in [0.1, 0.15) is 23.0 Å². The molecule has 0 aromatic heterocycles. The zero-order chi connectivity index (χ0) is 20.4. The van der Waals surface area contributed by atoms with Crippen molar-refractivity contribution >= 4 is 11.7 Å². The molecule has 1 N–H and O–H groups in total. The second-order valence-corrected chi connectivity index (χ2v) is 6.41. The maximum atomic E-state index is 12.0. The van der Waals surface area contributed by atoms with E-state index in [0.29, 0.717) is 31.6 Å². The van der Waals surface area contributed by atoms with Crippen LogP contribution in [0.3, 0.4) is 0 Å². The SMILES string of the molecule is COc1ccc(OC)c(CCNC(=O)COc2ccc(CCC(C)=O)cc2)c1. The molecule has 6 nitrogen and oxygen atoms in total. The highest BCUT2D eigenvalue weighted by Gasteiger charge is 2.07. The number of rotatable bonds is 11. The topological polar surface area (TPSA) is 73.9 Å². The highest BCUT2D eigenvalue weighted by Crippen LogP contribution is 2.24.